The average Bonchev–Trinajstić information content (AvgIpc) is 3.02. The summed E-state index contributed by atoms with van der Waals surface area (Å²) in [5, 5.41) is 8.75. The van der Waals surface area contributed by atoms with Gasteiger partial charge in [0.05, 0.1) is 18.5 Å². The third kappa shape index (κ3) is 3.26. The van der Waals surface area contributed by atoms with Gasteiger partial charge in [-0.15, -0.1) is 0 Å². The summed E-state index contributed by atoms with van der Waals surface area (Å²) >= 11 is 0. The molecule has 0 amide bonds. The lowest BCUT2D eigenvalue weighted by Gasteiger charge is -2.12. The molecular weight excluding hydrogens is 331 g/mol. The van der Waals surface area contributed by atoms with E-state index in [0.717, 1.165) is 23.1 Å². The molecule has 2 heterocycles. The Bertz CT molecular complexity index is 823. The molecule has 1 aromatic rings. The lowest BCUT2D eigenvalue weighted by atomic mass is 9.98. The maximum atomic E-state index is 13.4. The summed E-state index contributed by atoms with van der Waals surface area (Å²) in [6, 6.07) is 4.27. The Morgan fingerprint density at radius 1 is 1.46 bits per heavy atom. The molecule has 1 saturated heterocycles. The third-order valence-electron chi connectivity index (χ3n) is 4.67. The van der Waals surface area contributed by atoms with Crippen LogP contribution in [0.15, 0.2) is 34.9 Å². The van der Waals surface area contributed by atoms with Crippen molar-refractivity contribution in [3.05, 3.63) is 46.3 Å². The Balaban J connectivity index is 1.67. The molecule has 3 rings (SSSR count). The molecular formula is C18H21FO4S. The van der Waals surface area contributed by atoms with Crippen LogP contribution in [0.1, 0.15) is 32.3 Å². The molecule has 4 nitrogen and oxygen atoms in total. The van der Waals surface area contributed by atoms with Crippen molar-refractivity contribution in [1.29, 1.82) is 0 Å². The van der Waals surface area contributed by atoms with E-state index >= 15 is 0 Å². The molecule has 0 aromatic heterocycles. The number of phenols is 1. The van der Waals surface area contributed by atoms with Gasteiger partial charge in [0.1, 0.15) is 5.25 Å². The maximum Gasteiger partial charge on any atom is 0.165 e. The molecule has 0 aliphatic carbocycles. The highest BCUT2D eigenvalue weighted by Gasteiger charge is 2.45. The molecule has 2 atom stereocenters. The summed E-state index contributed by atoms with van der Waals surface area (Å²) < 4.78 is 43.2. The fourth-order valence-corrected chi connectivity index (χ4v) is 5.49. The van der Waals surface area contributed by atoms with Gasteiger partial charge in [0, 0.05) is 0 Å². The topological polar surface area (TPSA) is 63.6 Å². The van der Waals surface area contributed by atoms with E-state index < -0.39 is 20.9 Å². The number of aromatic hydroxyl groups is 1. The van der Waals surface area contributed by atoms with Crippen LogP contribution in [-0.4, -0.2) is 37.2 Å². The SMILES string of the molecule is CC1=C2[C@@H](CC/C(C)=C/c3ccc(O)c(F)c3)OC[C@@H]2S(=O)(=O)C1. The third-order valence-corrected chi connectivity index (χ3v) is 6.76. The van der Waals surface area contributed by atoms with Crippen LogP contribution in [0.2, 0.25) is 0 Å². The summed E-state index contributed by atoms with van der Waals surface area (Å²) in [7, 11) is -3.08. The van der Waals surface area contributed by atoms with Gasteiger partial charge in [0.2, 0.25) is 0 Å². The van der Waals surface area contributed by atoms with Gasteiger partial charge < -0.3 is 9.84 Å². The van der Waals surface area contributed by atoms with E-state index in [9.17, 15) is 17.9 Å². The minimum atomic E-state index is -3.08. The van der Waals surface area contributed by atoms with Crippen LogP contribution >= 0.6 is 0 Å². The average molecular weight is 352 g/mol. The smallest absolute Gasteiger partial charge is 0.165 e. The second-order valence-electron chi connectivity index (χ2n) is 6.59. The molecule has 0 saturated carbocycles. The van der Waals surface area contributed by atoms with Gasteiger partial charge in [-0.1, -0.05) is 23.3 Å². The van der Waals surface area contributed by atoms with Gasteiger partial charge in [0.15, 0.2) is 21.4 Å². The van der Waals surface area contributed by atoms with Gasteiger partial charge in [-0.2, -0.15) is 0 Å². The zero-order valence-electron chi connectivity index (χ0n) is 13.8. The van der Waals surface area contributed by atoms with Crippen molar-refractivity contribution >= 4 is 15.9 Å². The Kier molecular flexibility index (Phi) is 4.53. The van der Waals surface area contributed by atoms with E-state index in [-0.39, 0.29) is 24.2 Å². The van der Waals surface area contributed by atoms with Gasteiger partial charge >= 0.3 is 0 Å². The number of sulfone groups is 1. The Hall–Kier alpha value is -1.66. The highest BCUT2D eigenvalue weighted by molar-refractivity contribution is 7.92. The number of benzene rings is 1. The lowest BCUT2D eigenvalue weighted by molar-refractivity contribution is 0.118. The molecule has 1 fully saturated rings. The predicted molar refractivity (Wildman–Crippen MR) is 91.0 cm³/mol. The van der Waals surface area contributed by atoms with Crippen LogP contribution in [0.3, 0.4) is 0 Å². The standard InChI is InChI=1S/C18H21FO4S/c1-11(7-13-4-5-15(20)14(19)8-13)3-6-16-18-12(2)10-24(21,22)17(18)9-23-16/h4-5,7-8,16-17,20H,3,6,9-10H2,1-2H3/b11-7+/t16-,17+/m1/s1. The lowest BCUT2D eigenvalue weighted by Crippen LogP contribution is -2.19. The number of allylic oxidation sites excluding steroid dienone is 1. The highest BCUT2D eigenvalue weighted by Crippen LogP contribution is 2.38. The number of hydrogen-bond acceptors (Lipinski definition) is 4. The van der Waals surface area contributed by atoms with E-state index in [1.54, 1.807) is 6.07 Å². The van der Waals surface area contributed by atoms with Crippen LogP contribution in [0.4, 0.5) is 4.39 Å². The summed E-state index contributed by atoms with van der Waals surface area (Å²) in [6.07, 6.45) is 3.16. The fraction of sp³-hybridized carbons (Fsp3) is 0.444. The summed E-state index contributed by atoms with van der Waals surface area (Å²) in [6.45, 7) is 4.08. The van der Waals surface area contributed by atoms with Crippen LogP contribution in [0.5, 0.6) is 5.75 Å². The molecule has 6 heteroatoms. The van der Waals surface area contributed by atoms with Crippen molar-refractivity contribution in [2.24, 2.45) is 0 Å². The van der Waals surface area contributed by atoms with E-state index in [2.05, 4.69) is 0 Å². The van der Waals surface area contributed by atoms with Crippen LogP contribution in [0.25, 0.3) is 6.08 Å². The van der Waals surface area contributed by atoms with Crippen molar-refractivity contribution < 1.29 is 22.7 Å². The normalized spacial score (nSPS) is 26.0. The van der Waals surface area contributed by atoms with E-state index in [4.69, 9.17) is 4.74 Å². The molecule has 0 radical (unpaired) electrons. The number of hydrogen-bond donors (Lipinski definition) is 1. The molecule has 2 aliphatic heterocycles. The first-order chi connectivity index (χ1) is 11.3. The number of rotatable bonds is 4. The minimum Gasteiger partial charge on any atom is -0.505 e. The molecule has 0 unspecified atom stereocenters. The zero-order valence-corrected chi connectivity index (χ0v) is 14.6. The van der Waals surface area contributed by atoms with Gasteiger partial charge in [-0.05, 0) is 50.0 Å². The Labute approximate surface area is 141 Å². The van der Waals surface area contributed by atoms with Crippen LogP contribution < -0.4 is 0 Å². The van der Waals surface area contributed by atoms with E-state index in [1.807, 2.05) is 19.9 Å². The van der Waals surface area contributed by atoms with E-state index in [0.29, 0.717) is 12.0 Å². The summed E-state index contributed by atoms with van der Waals surface area (Å²) in [4.78, 5) is 0. The predicted octanol–water partition coefficient (Wildman–Crippen LogP) is 3.23. The first-order valence-electron chi connectivity index (χ1n) is 7.96. The fourth-order valence-electron chi connectivity index (χ4n) is 3.49. The van der Waals surface area contributed by atoms with Crippen molar-refractivity contribution in [3.8, 4) is 5.75 Å². The Morgan fingerprint density at radius 2 is 2.21 bits per heavy atom. The van der Waals surface area contributed by atoms with Gasteiger partial charge in [0.25, 0.3) is 0 Å². The molecule has 0 spiro atoms. The quantitative estimate of drug-likeness (QED) is 0.845. The summed E-state index contributed by atoms with van der Waals surface area (Å²) in [5.74, 6) is -0.857. The summed E-state index contributed by atoms with van der Waals surface area (Å²) in [5.41, 5.74) is 3.60. The largest absolute Gasteiger partial charge is 0.505 e. The van der Waals surface area contributed by atoms with Crippen molar-refractivity contribution in [2.75, 3.05) is 12.4 Å². The second kappa shape index (κ2) is 6.33. The molecule has 1 aromatic carbocycles. The Morgan fingerprint density at radius 3 is 2.92 bits per heavy atom. The minimum absolute atomic E-state index is 0.146. The number of phenolic OH excluding ortho intramolecular Hbond substituents is 1. The van der Waals surface area contributed by atoms with E-state index in [1.165, 1.54) is 12.1 Å². The molecule has 0 bridgehead atoms. The first-order valence-corrected chi connectivity index (χ1v) is 9.68. The zero-order chi connectivity index (χ0) is 17.5. The maximum absolute atomic E-state index is 13.4. The number of halogens is 1. The van der Waals surface area contributed by atoms with Gasteiger partial charge in [-0.25, -0.2) is 12.8 Å². The molecule has 130 valence electrons. The monoisotopic (exact) mass is 352 g/mol. The van der Waals surface area contributed by atoms with Crippen molar-refractivity contribution in [3.63, 3.8) is 0 Å². The van der Waals surface area contributed by atoms with Crippen molar-refractivity contribution in [1.82, 2.24) is 0 Å². The first kappa shape index (κ1) is 17.2. The number of fused-ring (bicyclic) bond motifs is 1. The molecule has 2 aliphatic rings. The molecule has 24 heavy (non-hydrogen) atoms. The molecule has 1 N–H and O–H groups in total. The van der Waals surface area contributed by atoms with Crippen molar-refractivity contribution in [2.45, 2.75) is 38.0 Å². The second-order valence-corrected chi connectivity index (χ2v) is 8.78. The highest BCUT2D eigenvalue weighted by atomic mass is 32.2. The number of ether oxygens (including phenoxy) is 1. The van der Waals surface area contributed by atoms with Gasteiger partial charge in [-0.3, -0.25) is 0 Å². The van der Waals surface area contributed by atoms with Crippen LogP contribution in [0, 0.1) is 5.82 Å². The van der Waals surface area contributed by atoms with Crippen LogP contribution in [-0.2, 0) is 14.6 Å².